The highest BCUT2D eigenvalue weighted by molar-refractivity contribution is 7.09. The standard InChI is InChI=1S/C11H16N4S/c1-8(2)10-13-11(16-14-10)15(7-3-6-12)9-4-5-9/h8-9H,3-5,7H2,1-2H3. The van der Waals surface area contributed by atoms with Crippen LogP contribution in [0.1, 0.15) is 44.9 Å². The zero-order valence-corrected chi connectivity index (χ0v) is 10.5. The minimum absolute atomic E-state index is 0.377. The lowest BCUT2D eigenvalue weighted by atomic mass is 10.2. The Morgan fingerprint density at radius 3 is 2.81 bits per heavy atom. The van der Waals surface area contributed by atoms with Crippen LogP contribution in [0.15, 0.2) is 0 Å². The Kier molecular flexibility index (Phi) is 3.39. The van der Waals surface area contributed by atoms with Crippen molar-refractivity contribution in [2.45, 2.75) is 45.1 Å². The molecule has 0 radical (unpaired) electrons. The van der Waals surface area contributed by atoms with E-state index < -0.39 is 0 Å². The van der Waals surface area contributed by atoms with Crippen molar-refractivity contribution in [2.24, 2.45) is 0 Å². The van der Waals surface area contributed by atoms with E-state index in [9.17, 15) is 0 Å². The van der Waals surface area contributed by atoms with Crippen LogP contribution in [0.3, 0.4) is 0 Å². The van der Waals surface area contributed by atoms with Gasteiger partial charge in [-0.1, -0.05) is 13.8 Å². The van der Waals surface area contributed by atoms with Crippen LogP contribution in [-0.4, -0.2) is 21.9 Å². The maximum Gasteiger partial charge on any atom is 0.205 e. The predicted molar refractivity (Wildman–Crippen MR) is 64.6 cm³/mol. The zero-order chi connectivity index (χ0) is 11.5. The van der Waals surface area contributed by atoms with Crippen molar-refractivity contribution in [3.63, 3.8) is 0 Å². The molecule has 0 spiro atoms. The Hall–Kier alpha value is -1.15. The first-order valence-corrected chi connectivity index (χ1v) is 6.47. The number of nitriles is 1. The quantitative estimate of drug-likeness (QED) is 0.788. The normalized spacial score (nSPS) is 15.1. The average Bonchev–Trinajstić information content (AvgIpc) is 2.96. The average molecular weight is 236 g/mol. The summed E-state index contributed by atoms with van der Waals surface area (Å²) >= 11 is 1.46. The number of rotatable bonds is 5. The van der Waals surface area contributed by atoms with Crippen LogP contribution in [0.2, 0.25) is 0 Å². The molecule has 1 saturated carbocycles. The molecule has 0 amide bonds. The molecule has 4 nitrogen and oxygen atoms in total. The largest absolute Gasteiger partial charge is 0.343 e. The van der Waals surface area contributed by atoms with Gasteiger partial charge in [-0.25, -0.2) is 4.98 Å². The maximum absolute atomic E-state index is 8.65. The highest BCUT2D eigenvalue weighted by atomic mass is 32.1. The van der Waals surface area contributed by atoms with Gasteiger partial charge in [0.15, 0.2) is 0 Å². The third-order valence-electron chi connectivity index (χ3n) is 2.65. The third kappa shape index (κ3) is 2.50. The minimum atomic E-state index is 0.377. The highest BCUT2D eigenvalue weighted by Gasteiger charge is 2.31. The van der Waals surface area contributed by atoms with E-state index in [0.717, 1.165) is 17.5 Å². The first-order chi connectivity index (χ1) is 7.72. The molecule has 1 aliphatic carbocycles. The molecule has 0 N–H and O–H groups in total. The second-order valence-electron chi connectivity index (χ2n) is 4.42. The summed E-state index contributed by atoms with van der Waals surface area (Å²) in [6, 6.07) is 2.79. The smallest absolute Gasteiger partial charge is 0.205 e. The topological polar surface area (TPSA) is 52.8 Å². The molecule has 0 aliphatic heterocycles. The summed E-state index contributed by atoms with van der Waals surface area (Å²) in [6.07, 6.45) is 3.01. The van der Waals surface area contributed by atoms with E-state index in [4.69, 9.17) is 5.26 Å². The van der Waals surface area contributed by atoms with Crippen LogP contribution in [0.4, 0.5) is 5.13 Å². The lowest BCUT2D eigenvalue weighted by Gasteiger charge is -2.18. The van der Waals surface area contributed by atoms with E-state index in [2.05, 4.69) is 34.2 Å². The van der Waals surface area contributed by atoms with Gasteiger partial charge in [-0.05, 0) is 12.8 Å². The SMILES string of the molecule is CC(C)c1nsc(N(CCC#N)C2CC2)n1. The molecule has 1 fully saturated rings. The molecule has 1 aliphatic rings. The molecule has 0 unspecified atom stereocenters. The van der Waals surface area contributed by atoms with E-state index in [1.165, 1.54) is 24.4 Å². The molecule has 86 valence electrons. The van der Waals surface area contributed by atoms with Crippen molar-refractivity contribution in [3.05, 3.63) is 5.82 Å². The number of anilines is 1. The Morgan fingerprint density at radius 1 is 1.56 bits per heavy atom. The van der Waals surface area contributed by atoms with Crippen LogP contribution in [0, 0.1) is 11.3 Å². The molecule has 0 bridgehead atoms. The first kappa shape index (κ1) is 11.3. The van der Waals surface area contributed by atoms with Gasteiger partial charge < -0.3 is 4.90 Å². The maximum atomic E-state index is 8.65. The van der Waals surface area contributed by atoms with Gasteiger partial charge in [-0.2, -0.15) is 9.64 Å². The molecule has 0 atom stereocenters. The molecule has 2 rings (SSSR count). The van der Waals surface area contributed by atoms with Crippen LogP contribution >= 0.6 is 11.5 Å². The van der Waals surface area contributed by atoms with Crippen molar-refractivity contribution in [2.75, 3.05) is 11.4 Å². The number of aromatic nitrogens is 2. The van der Waals surface area contributed by atoms with Crippen molar-refractivity contribution < 1.29 is 0 Å². The number of hydrogen-bond acceptors (Lipinski definition) is 5. The van der Waals surface area contributed by atoms with E-state index in [-0.39, 0.29) is 0 Å². The monoisotopic (exact) mass is 236 g/mol. The summed E-state index contributed by atoms with van der Waals surface area (Å²) < 4.78 is 4.36. The summed E-state index contributed by atoms with van der Waals surface area (Å²) in [5.41, 5.74) is 0. The minimum Gasteiger partial charge on any atom is -0.343 e. The Labute approximate surface area is 100 Å². The van der Waals surface area contributed by atoms with E-state index in [1.54, 1.807) is 0 Å². The molecule has 1 heterocycles. The highest BCUT2D eigenvalue weighted by Crippen LogP contribution is 2.33. The molecule has 0 saturated heterocycles. The fraction of sp³-hybridized carbons (Fsp3) is 0.727. The van der Waals surface area contributed by atoms with Gasteiger partial charge in [-0.15, -0.1) is 0 Å². The molecular formula is C11H16N4S. The fourth-order valence-electron chi connectivity index (χ4n) is 1.57. The predicted octanol–water partition coefficient (Wildman–Crippen LogP) is 2.54. The summed E-state index contributed by atoms with van der Waals surface area (Å²) in [7, 11) is 0. The molecule has 5 heteroatoms. The summed E-state index contributed by atoms with van der Waals surface area (Å²) in [5, 5.41) is 9.64. The van der Waals surface area contributed by atoms with Crippen molar-refractivity contribution in [1.29, 1.82) is 5.26 Å². The van der Waals surface area contributed by atoms with Crippen LogP contribution in [0.5, 0.6) is 0 Å². The molecule has 0 aromatic carbocycles. The van der Waals surface area contributed by atoms with Crippen molar-refractivity contribution in [3.8, 4) is 6.07 Å². The van der Waals surface area contributed by atoms with Crippen molar-refractivity contribution >= 4 is 16.7 Å². The van der Waals surface area contributed by atoms with Gasteiger partial charge in [-0.3, -0.25) is 0 Å². The summed E-state index contributed by atoms with van der Waals surface area (Å²) in [6.45, 7) is 4.99. The number of nitrogens with zero attached hydrogens (tertiary/aromatic N) is 4. The van der Waals surface area contributed by atoms with Crippen LogP contribution in [-0.2, 0) is 0 Å². The second-order valence-corrected chi connectivity index (χ2v) is 5.15. The summed E-state index contributed by atoms with van der Waals surface area (Å²) in [4.78, 5) is 6.79. The van der Waals surface area contributed by atoms with Gasteiger partial charge in [0, 0.05) is 30.0 Å². The van der Waals surface area contributed by atoms with E-state index in [1.807, 2.05) is 0 Å². The Morgan fingerprint density at radius 2 is 2.31 bits per heavy atom. The number of hydrogen-bond donors (Lipinski definition) is 0. The van der Waals surface area contributed by atoms with Gasteiger partial charge in [0.25, 0.3) is 0 Å². The van der Waals surface area contributed by atoms with Gasteiger partial charge in [0.05, 0.1) is 12.5 Å². The lowest BCUT2D eigenvalue weighted by molar-refractivity contribution is 0.764. The van der Waals surface area contributed by atoms with Gasteiger partial charge >= 0.3 is 0 Å². The Bertz CT molecular complexity index is 389. The lowest BCUT2D eigenvalue weighted by Crippen LogP contribution is -2.26. The van der Waals surface area contributed by atoms with Gasteiger partial charge in [0.1, 0.15) is 5.82 Å². The molecule has 1 aromatic heterocycles. The Balaban J connectivity index is 2.09. The van der Waals surface area contributed by atoms with E-state index in [0.29, 0.717) is 18.4 Å². The third-order valence-corrected chi connectivity index (χ3v) is 3.41. The van der Waals surface area contributed by atoms with Crippen molar-refractivity contribution in [1.82, 2.24) is 9.36 Å². The van der Waals surface area contributed by atoms with E-state index >= 15 is 0 Å². The fourth-order valence-corrected chi connectivity index (χ4v) is 2.48. The van der Waals surface area contributed by atoms with Crippen LogP contribution in [0.25, 0.3) is 0 Å². The first-order valence-electron chi connectivity index (χ1n) is 5.69. The zero-order valence-electron chi connectivity index (χ0n) is 9.68. The molecule has 1 aromatic rings. The molecular weight excluding hydrogens is 220 g/mol. The summed E-state index contributed by atoms with van der Waals surface area (Å²) in [5.74, 6) is 1.30. The van der Waals surface area contributed by atoms with Gasteiger partial charge in [0.2, 0.25) is 5.13 Å². The van der Waals surface area contributed by atoms with Crippen LogP contribution < -0.4 is 4.90 Å². The second kappa shape index (κ2) is 4.79. The molecule has 16 heavy (non-hydrogen) atoms.